The van der Waals surface area contributed by atoms with E-state index in [1.807, 2.05) is 30.3 Å². The van der Waals surface area contributed by atoms with Crippen LogP contribution >= 0.6 is 11.8 Å². The fourth-order valence-electron chi connectivity index (χ4n) is 2.11. The number of thioether (sulfide) groups is 1. The number of aromatic nitrogens is 1. The molecular weight excluding hydrogens is 323 g/mol. The van der Waals surface area contributed by atoms with E-state index in [9.17, 15) is 4.39 Å². The van der Waals surface area contributed by atoms with Gasteiger partial charge in [0.25, 0.3) is 0 Å². The molecular formula is C18H23FN4S. The maximum Gasteiger partial charge on any atom is 0.191 e. The smallest absolute Gasteiger partial charge is 0.191 e. The van der Waals surface area contributed by atoms with Crippen LogP contribution in [0.15, 0.2) is 53.7 Å². The zero-order valence-electron chi connectivity index (χ0n) is 13.8. The lowest BCUT2D eigenvalue weighted by molar-refractivity contribution is 0.617. The van der Waals surface area contributed by atoms with Gasteiger partial charge in [0.2, 0.25) is 0 Å². The number of hydrogen-bond donors (Lipinski definition) is 2. The van der Waals surface area contributed by atoms with Gasteiger partial charge in [-0.3, -0.25) is 9.98 Å². The van der Waals surface area contributed by atoms with Crippen molar-refractivity contribution in [1.29, 1.82) is 0 Å². The van der Waals surface area contributed by atoms with Gasteiger partial charge < -0.3 is 10.6 Å². The topological polar surface area (TPSA) is 49.3 Å². The summed E-state index contributed by atoms with van der Waals surface area (Å²) in [6.45, 7) is 1.56. The molecule has 0 fully saturated rings. The summed E-state index contributed by atoms with van der Waals surface area (Å²) in [6, 6.07) is 12.8. The first kappa shape index (κ1) is 18.3. The van der Waals surface area contributed by atoms with E-state index in [1.165, 1.54) is 6.07 Å². The normalized spacial score (nSPS) is 11.3. The third-order valence-electron chi connectivity index (χ3n) is 3.38. The molecule has 0 amide bonds. The fourth-order valence-corrected chi connectivity index (χ4v) is 2.96. The van der Waals surface area contributed by atoms with Crippen LogP contribution in [0.4, 0.5) is 4.39 Å². The molecule has 24 heavy (non-hydrogen) atoms. The highest BCUT2D eigenvalue weighted by molar-refractivity contribution is 7.98. The lowest BCUT2D eigenvalue weighted by Crippen LogP contribution is -2.39. The highest BCUT2D eigenvalue weighted by Crippen LogP contribution is 2.14. The molecule has 128 valence electrons. The number of benzene rings is 1. The predicted molar refractivity (Wildman–Crippen MR) is 99.9 cm³/mol. The molecule has 0 bridgehead atoms. The predicted octanol–water partition coefficient (Wildman–Crippen LogP) is 2.86. The number of pyridine rings is 1. The van der Waals surface area contributed by atoms with Gasteiger partial charge in [-0.1, -0.05) is 24.3 Å². The molecule has 0 atom stereocenters. The highest BCUT2D eigenvalue weighted by Gasteiger charge is 2.01. The molecule has 0 aliphatic rings. The van der Waals surface area contributed by atoms with Crippen molar-refractivity contribution in [2.75, 3.05) is 25.9 Å². The molecule has 0 saturated heterocycles. The Kier molecular flexibility index (Phi) is 8.10. The summed E-state index contributed by atoms with van der Waals surface area (Å²) in [4.78, 5) is 8.48. The third kappa shape index (κ3) is 6.58. The Bertz CT molecular complexity index is 634. The van der Waals surface area contributed by atoms with E-state index >= 15 is 0 Å². The van der Waals surface area contributed by atoms with Crippen molar-refractivity contribution >= 4 is 17.7 Å². The Balaban J connectivity index is 1.59. The average Bonchev–Trinajstić information content (AvgIpc) is 2.62. The Labute approximate surface area is 147 Å². The number of guanidine groups is 1. The van der Waals surface area contributed by atoms with Crippen molar-refractivity contribution in [3.63, 3.8) is 0 Å². The quantitative estimate of drug-likeness (QED) is 0.438. The van der Waals surface area contributed by atoms with Gasteiger partial charge in [-0.25, -0.2) is 4.39 Å². The van der Waals surface area contributed by atoms with E-state index in [0.717, 1.165) is 42.5 Å². The lowest BCUT2D eigenvalue weighted by Gasteiger charge is -2.11. The van der Waals surface area contributed by atoms with Crippen LogP contribution in [0, 0.1) is 5.82 Å². The molecule has 1 aromatic heterocycles. The van der Waals surface area contributed by atoms with Crippen molar-refractivity contribution in [1.82, 2.24) is 15.6 Å². The standard InChI is InChI=1S/C18H23FN4S/c1-20-18(22-11-9-16-7-4-5-10-21-16)23-12-13-24-14-15-6-2-3-8-17(15)19/h2-8,10H,9,11-14H2,1H3,(H2,20,22,23). The molecule has 1 aromatic carbocycles. The van der Waals surface area contributed by atoms with Gasteiger partial charge in [0.15, 0.2) is 5.96 Å². The van der Waals surface area contributed by atoms with Gasteiger partial charge in [-0.05, 0) is 23.8 Å². The second-order valence-corrected chi connectivity index (χ2v) is 6.25. The number of hydrogen-bond acceptors (Lipinski definition) is 3. The van der Waals surface area contributed by atoms with Gasteiger partial charge in [0.1, 0.15) is 5.82 Å². The summed E-state index contributed by atoms with van der Waals surface area (Å²) in [5.74, 6) is 2.21. The summed E-state index contributed by atoms with van der Waals surface area (Å²) >= 11 is 1.70. The summed E-state index contributed by atoms with van der Waals surface area (Å²) in [5.41, 5.74) is 1.81. The molecule has 6 heteroatoms. The van der Waals surface area contributed by atoms with E-state index < -0.39 is 0 Å². The SMILES string of the molecule is CN=C(NCCSCc1ccccc1F)NCCc1ccccn1. The van der Waals surface area contributed by atoms with Gasteiger partial charge >= 0.3 is 0 Å². The minimum absolute atomic E-state index is 0.134. The van der Waals surface area contributed by atoms with E-state index in [0.29, 0.717) is 5.75 Å². The molecule has 2 N–H and O–H groups in total. The van der Waals surface area contributed by atoms with E-state index in [1.54, 1.807) is 31.1 Å². The van der Waals surface area contributed by atoms with Gasteiger partial charge in [0, 0.05) is 50.0 Å². The fraction of sp³-hybridized carbons (Fsp3) is 0.333. The van der Waals surface area contributed by atoms with E-state index in [4.69, 9.17) is 0 Å². The molecule has 4 nitrogen and oxygen atoms in total. The molecule has 0 unspecified atom stereocenters. The summed E-state index contributed by atoms with van der Waals surface area (Å²) in [5, 5.41) is 6.53. The first-order valence-corrected chi connectivity index (χ1v) is 9.10. The summed E-state index contributed by atoms with van der Waals surface area (Å²) < 4.78 is 13.5. The van der Waals surface area contributed by atoms with Crippen molar-refractivity contribution in [2.24, 2.45) is 4.99 Å². The van der Waals surface area contributed by atoms with Crippen LogP contribution in [0.1, 0.15) is 11.3 Å². The molecule has 0 aliphatic carbocycles. The molecule has 0 saturated carbocycles. The summed E-state index contributed by atoms with van der Waals surface area (Å²) in [6.07, 6.45) is 2.65. The second-order valence-electron chi connectivity index (χ2n) is 5.14. The minimum Gasteiger partial charge on any atom is -0.356 e. The maximum absolute atomic E-state index is 13.5. The maximum atomic E-state index is 13.5. The Morgan fingerprint density at radius 3 is 2.67 bits per heavy atom. The van der Waals surface area contributed by atoms with Crippen LogP contribution < -0.4 is 10.6 Å². The zero-order chi connectivity index (χ0) is 17.0. The number of nitrogens with zero attached hydrogens (tertiary/aromatic N) is 2. The van der Waals surface area contributed by atoms with Crippen LogP contribution in [0.2, 0.25) is 0 Å². The first-order valence-electron chi connectivity index (χ1n) is 7.95. The van der Waals surface area contributed by atoms with Crippen LogP contribution in [-0.2, 0) is 12.2 Å². The van der Waals surface area contributed by atoms with Crippen LogP contribution in [-0.4, -0.2) is 36.8 Å². The third-order valence-corrected chi connectivity index (χ3v) is 4.39. The van der Waals surface area contributed by atoms with Gasteiger partial charge in [0.05, 0.1) is 0 Å². The summed E-state index contributed by atoms with van der Waals surface area (Å²) in [7, 11) is 1.75. The molecule has 0 aliphatic heterocycles. The molecule has 0 radical (unpaired) electrons. The van der Waals surface area contributed by atoms with Crippen molar-refractivity contribution in [2.45, 2.75) is 12.2 Å². The van der Waals surface area contributed by atoms with Crippen LogP contribution in [0.3, 0.4) is 0 Å². The number of aliphatic imine (C=N–C) groups is 1. The number of rotatable bonds is 8. The zero-order valence-corrected chi connectivity index (χ0v) is 14.7. The lowest BCUT2D eigenvalue weighted by atomic mass is 10.2. The first-order chi connectivity index (χ1) is 11.8. The van der Waals surface area contributed by atoms with Crippen molar-refractivity contribution in [3.8, 4) is 0 Å². The number of nitrogens with one attached hydrogen (secondary N) is 2. The largest absolute Gasteiger partial charge is 0.356 e. The average molecular weight is 346 g/mol. The highest BCUT2D eigenvalue weighted by atomic mass is 32.2. The van der Waals surface area contributed by atoms with E-state index in [2.05, 4.69) is 20.6 Å². The second kappa shape index (κ2) is 10.6. The molecule has 1 heterocycles. The van der Waals surface area contributed by atoms with Gasteiger partial charge in [-0.15, -0.1) is 0 Å². The Morgan fingerprint density at radius 2 is 1.92 bits per heavy atom. The Morgan fingerprint density at radius 1 is 1.12 bits per heavy atom. The van der Waals surface area contributed by atoms with Crippen molar-refractivity contribution in [3.05, 3.63) is 65.7 Å². The minimum atomic E-state index is -0.134. The van der Waals surface area contributed by atoms with Crippen molar-refractivity contribution < 1.29 is 4.39 Å². The molecule has 2 rings (SSSR count). The monoisotopic (exact) mass is 346 g/mol. The number of halogens is 1. The van der Waals surface area contributed by atoms with Gasteiger partial charge in [-0.2, -0.15) is 11.8 Å². The Hall–Kier alpha value is -2.08. The molecule has 2 aromatic rings. The van der Waals surface area contributed by atoms with Crippen LogP contribution in [0.25, 0.3) is 0 Å². The van der Waals surface area contributed by atoms with E-state index in [-0.39, 0.29) is 5.82 Å². The molecule has 0 spiro atoms. The van der Waals surface area contributed by atoms with Crippen LogP contribution in [0.5, 0.6) is 0 Å².